The molecule has 0 fully saturated rings. The van der Waals surface area contributed by atoms with Gasteiger partial charge < -0.3 is 5.73 Å². The third-order valence-corrected chi connectivity index (χ3v) is 3.33. The lowest BCUT2D eigenvalue weighted by Gasteiger charge is -2.05. The van der Waals surface area contributed by atoms with Gasteiger partial charge in [-0.15, -0.1) is 11.3 Å². The van der Waals surface area contributed by atoms with Crippen LogP contribution in [-0.4, -0.2) is 4.98 Å². The summed E-state index contributed by atoms with van der Waals surface area (Å²) in [5, 5.41) is 9.09. The summed E-state index contributed by atoms with van der Waals surface area (Å²) in [7, 11) is 0. The van der Waals surface area contributed by atoms with Crippen molar-refractivity contribution in [1.29, 1.82) is 5.26 Å². The van der Waals surface area contributed by atoms with Gasteiger partial charge in [0.15, 0.2) is 0 Å². The number of nitrogen functional groups attached to an aromatic ring is 1. The molecule has 0 aliphatic rings. The molecular weight excluding hydrogens is 218 g/mol. The molecule has 0 spiro atoms. The Morgan fingerprint density at radius 3 is 2.69 bits per heavy atom. The lowest BCUT2D eigenvalue weighted by molar-refractivity contribution is 1.20. The monoisotopic (exact) mass is 229 g/mol. The van der Waals surface area contributed by atoms with Crippen molar-refractivity contribution < 1.29 is 0 Å². The zero-order valence-corrected chi connectivity index (χ0v) is 9.93. The molecule has 2 aromatic rings. The second-order valence-electron chi connectivity index (χ2n) is 3.59. The van der Waals surface area contributed by atoms with Crippen LogP contribution in [0.2, 0.25) is 0 Å². The maximum atomic E-state index is 9.09. The fourth-order valence-corrected chi connectivity index (χ4v) is 2.48. The first-order valence-electron chi connectivity index (χ1n) is 4.86. The van der Waals surface area contributed by atoms with Crippen molar-refractivity contribution in [2.45, 2.75) is 13.8 Å². The third-order valence-electron chi connectivity index (χ3n) is 2.29. The van der Waals surface area contributed by atoms with E-state index < -0.39 is 0 Å². The van der Waals surface area contributed by atoms with Crippen LogP contribution in [0.1, 0.15) is 16.1 Å². The predicted molar refractivity (Wildman–Crippen MR) is 66.2 cm³/mol. The van der Waals surface area contributed by atoms with Crippen molar-refractivity contribution in [3.63, 3.8) is 0 Å². The van der Waals surface area contributed by atoms with Gasteiger partial charge in [-0.05, 0) is 32.0 Å². The van der Waals surface area contributed by atoms with Crippen LogP contribution in [0.15, 0.2) is 18.2 Å². The van der Waals surface area contributed by atoms with Crippen LogP contribution < -0.4 is 5.73 Å². The molecule has 0 bridgehead atoms. The van der Waals surface area contributed by atoms with Gasteiger partial charge in [-0.1, -0.05) is 0 Å². The molecule has 0 unspecified atom stereocenters. The van der Waals surface area contributed by atoms with E-state index in [0.717, 1.165) is 16.1 Å². The van der Waals surface area contributed by atoms with E-state index in [2.05, 4.69) is 11.1 Å². The van der Waals surface area contributed by atoms with Gasteiger partial charge in [0.05, 0.1) is 0 Å². The van der Waals surface area contributed by atoms with E-state index in [1.54, 1.807) is 11.3 Å². The molecule has 4 heteroatoms. The molecule has 0 aliphatic carbocycles. The summed E-state index contributed by atoms with van der Waals surface area (Å²) in [6.45, 7) is 3.92. The number of thiophene rings is 1. The van der Waals surface area contributed by atoms with E-state index in [0.29, 0.717) is 11.4 Å². The Morgan fingerprint density at radius 2 is 2.12 bits per heavy atom. The van der Waals surface area contributed by atoms with E-state index >= 15 is 0 Å². The number of nitrogens with zero attached hydrogens (tertiary/aromatic N) is 2. The molecule has 0 aliphatic heterocycles. The smallest absolute Gasteiger partial charge is 0.142 e. The molecule has 2 aromatic heterocycles. The molecule has 3 nitrogen and oxygen atoms in total. The number of hydrogen-bond donors (Lipinski definition) is 1. The van der Waals surface area contributed by atoms with Crippen LogP contribution in [0.3, 0.4) is 0 Å². The lowest BCUT2D eigenvalue weighted by Crippen LogP contribution is -1.98. The Kier molecular flexibility index (Phi) is 2.63. The first kappa shape index (κ1) is 10.7. The molecule has 0 radical (unpaired) electrons. The third kappa shape index (κ3) is 1.77. The summed E-state index contributed by atoms with van der Waals surface area (Å²) in [6.07, 6.45) is 0. The molecule has 2 N–H and O–H groups in total. The summed E-state index contributed by atoms with van der Waals surface area (Å²) in [6, 6.07) is 8.06. The Bertz CT molecular complexity index is 578. The van der Waals surface area contributed by atoms with E-state index in [9.17, 15) is 0 Å². The second-order valence-corrected chi connectivity index (χ2v) is 4.88. The second kappa shape index (κ2) is 3.95. The average molecular weight is 229 g/mol. The van der Waals surface area contributed by atoms with Gasteiger partial charge in [0.25, 0.3) is 0 Å². The first-order valence-corrected chi connectivity index (χ1v) is 5.67. The highest BCUT2D eigenvalue weighted by molar-refractivity contribution is 7.15. The van der Waals surface area contributed by atoms with Gasteiger partial charge in [-0.3, -0.25) is 0 Å². The molecule has 0 saturated carbocycles. The van der Waals surface area contributed by atoms with Crippen LogP contribution in [0.4, 0.5) is 5.82 Å². The van der Waals surface area contributed by atoms with Gasteiger partial charge >= 0.3 is 0 Å². The summed E-state index contributed by atoms with van der Waals surface area (Å²) >= 11 is 1.65. The van der Waals surface area contributed by atoms with E-state index in [-0.39, 0.29) is 0 Å². The Balaban J connectivity index is 2.69. The van der Waals surface area contributed by atoms with Crippen molar-refractivity contribution in [2.75, 3.05) is 5.73 Å². The number of nitrogens with two attached hydrogens (primary N) is 1. The number of aromatic nitrogens is 1. The van der Waals surface area contributed by atoms with Crippen LogP contribution >= 0.6 is 11.3 Å². The Labute approximate surface area is 98.2 Å². The van der Waals surface area contributed by atoms with E-state index in [1.165, 1.54) is 4.88 Å². The normalized spacial score (nSPS) is 10.1. The highest BCUT2D eigenvalue weighted by Gasteiger charge is 2.11. The highest BCUT2D eigenvalue weighted by Crippen LogP contribution is 2.32. The molecule has 2 rings (SSSR count). The Morgan fingerprint density at radius 1 is 1.38 bits per heavy atom. The van der Waals surface area contributed by atoms with Crippen molar-refractivity contribution in [2.24, 2.45) is 0 Å². The van der Waals surface area contributed by atoms with E-state index in [1.807, 2.05) is 32.0 Å². The summed E-state index contributed by atoms with van der Waals surface area (Å²) in [4.78, 5) is 6.37. The fourth-order valence-electron chi connectivity index (χ4n) is 1.59. The molecule has 16 heavy (non-hydrogen) atoms. The topological polar surface area (TPSA) is 62.7 Å². The molecular formula is C12H11N3S. The number of hydrogen-bond acceptors (Lipinski definition) is 4. The highest BCUT2D eigenvalue weighted by atomic mass is 32.1. The van der Waals surface area contributed by atoms with Crippen molar-refractivity contribution in [3.8, 4) is 16.5 Å². The minimum atomic E-state index is 0.309. The largest absolute Gasteiger partial charge is 0.383 e. The first-order chi connectivity index (χ1) is 7.61. The number of anilines is 1. The quantitative estimate of drug-likeness (QED) is 0.817. The zero-order valence-electron chi connectivity index (χ0n) is 9.11. The van der Waals surface area contributed by atoms with Crippen LogP contribution in [-0.2, 0) is 0 Å². The van der Waals surface area contributed by atoms with Crippen LogP contribution in [0.25, 0.3) is 10.4 Å². The molecule has 80 valence electrons. The molecule has 0 saturated heterocycles. The van der Waals surface area contributed by atoms with Gasteiger partial charge in [0.1, 0.15) is 17.5 Å². The van der Waals surface area contributed by atoms with Crippen molar-refractivity contribution in [1.82, 2.24) is 4.98 Å². The van der Waals surface area contributed by atoms with Crippen LogP contribution in [0.5, 0.6) is 0 Å². The van der Waals surface area contributed by atoms with Crippen molar-refractivity contribution in [3.05, 3.63) is 34.3 Å². The summed E-state index contributed by atoms with van der Waals surface area (Å²) in [5.41, 5.74) is 7.92. The summed E-state index contributed by atoms with van der Waals surface area (Å²) < 4.78 is 0. The van der Waals surface area contributed by atoms with Gasteiger partial charge in [-0.25, -0.2) is 4.98 Å². The number of aryl methyl sites for hydroxylation is 2. The molecule has 0 atom stereocenters. The lowest BCUT2D eigenvalue weighted by atomic mass is 10.1. The molecule has 0 amide bonds. The number of pyridine rings is 1. The van der Waals surface area contributed by atoms with Gasteiger partial charge in [0, 0.05) is 21.0 Å². The predicted octanol–water partition coefficient (Wildman–Crippen LogP) is 2.88. The molecule has 0 aromatic carbocycles. The molecule has 2 heterocycles. The van der Waals surface area contributed by atoms with Crippen molar-refractivity contribution >= 4 is 17.2 Å². The minimum Gasteiger partial charge on any atom is -0.383 e. The SMILES string of the molecule is Cc1cc(-c2ccc(C)s2)c(C#N)c(N)n1. The standard InChI is InChI=1S/C12H11N3S/c1-7-5-9(10(6-13)12(14)15-7)11-4-3-8(2)16-11/h3-5H,1-2H3,(H2,14,15). The van der Waals surface area contributed by atoms with Crippen LogP contribution in [0, 0.1) is 25.2 Å². The van der Waals surface area contributed by atoms with Gasteiger partial charge in [-0.2, -0.15) is 5.26 Å². The van der Waals surface area contributed by atoms with Gasteiger partial charge in [0.2, 0.25) is 0 Å². The zero-order chi connectivity index (χ0) is 11.7. The average Bonchev–Trinajstić information content (AvgIpc) is 2.63. The maximum absolute atomic E-state index is 9.09. The number of rotatable bonds is 1. The minimum absolute atomic E-state index is 0.309. The van der Waals surface area contributed by atoms with E-state index in [4.69, 9.17) is 11.0 Å². The Hall–Kier alpha value is -1.86. The maximum Gasteiger partial charge on any atom is 0.142 e. The fraction of sp³-hybridized carbons (Fsp3) is 0.167. The number of nitriles is 1. The summed E-state index contributed by atoms with van der Waals surface area (Å²) in [5.74, 6) is 0.309.